The lowest BCUT2D eigenvalue weighted by Gasteiger charge is -2.27. The smallest absolute Gasteiger partial charge is 0.309 e. The predicted molar refractivity (Wildman–Crippen MR) is 94.6 cm³/mol. The lowest BCUT2D eigenvalue weighted by molar-refractivity contribution is -0.151. The second-order valence-electron chi connectivity index (χ2n) is 6.63. The Labute approximate surface area is 147 Å². The van der Waals surface area contributed by atoms with Crippen LogP contribution >= 0.6 is 11.3 Å². The van der Waals surface area contributed by atoms with Crippen LogP contribution in [0.4, 0.5) is 0 Å². The summed E-state index contributed by atoms with van der Waals surface area (Å²) in [6.07, 6.45) is 8.12. The summed E-state index contributed by atoms with van der Waals surface area (Å²) in [4.78, 5) is 13.3. The molecule has 5 heteroatoms. The number of carbonyl (C=O) groups is 1. The van der Waals surface area contributed by atoms with E-state index in [1.54, 1.807) is 11.3 Å². The van der Waals surface area contributed by atoms with Gasteiger partial charge in [-0.3, -0.25) is 4.79 Å². The summed E-state index contributed by atoms with van der Waals surface area (Å²) in [5.41, 5.74) is 0.670. The van der Waals surface area contributed by atoms with E-state index in [9.17, 15) is 4.79 Å². The van der Waals surface area contributed by atoms with Gasteiger partial charge in [0.2, 0.25) is 0 Å². The van der Waals surface area contributed by atoms with Gasteiger partial charge in [0.1, 0.15) is 12.3 Å². The van der Waals surface area contributed by atoms with Gasteiger partial charge in [0, 0.05) is 6.07 Å². The molecule has 2 heterocycles. The molecule has 0 saturated heterocycles. The number of thiophene rings is 1. The Hall–Kier alpha value is -1.62. The van der Waals surface area contributed by atoms with Gasteiger partial charge < -0.3 is 9.26 Å². The standard InChI is InChI=1S/C19H25NO3S/c1-2-3-5-14-7-9-15(10-8-14)19(21)22-13-16-12-17(23-20-16)18-6-4-11-24-18/h4,6,11-12,14-15H,2-3,5,7-10,13H2,1H3. The third-order valence-corrected chi connectivity index (χ3v) is 5.72. The van der Waals surface area contributed by atoms with E-state index < -0.39 is 0 Å². The molecule has 0 aliphatic heterocycles. The molecule has 1 aliphatic rings. The van der Waals surface area contributed by atoms with Crippen LogP contribution in [0.1, 0.15) is 57.6 Å². The Morgan fingerprint density at radius 1 is 1.38 bits per heavy atom. The second-order valence-corrected chi connectivity index (χ2v) is 7.58. The van der Waals surface area contributed by atoms with E-state index in [1.165, 1.54) is 19.3 Å². The molecule has 4 nitrogen and oxygen atoms in total. The first kappa shape index (κ1) is 17.2. The number of aromatic nitrogens is 1. The average Bonchev–Trinajstić information content (AvgIpc) is 3.29. The van der Waals surface area contributed by atoms with Crippen molar-refractivity contribution in [3.63, 3.8) is 0 Å². The number of nitrogens with zero attached hydrogens (tertiary/aromatic N) is 1. The van der Waals surface area contributed by atoms with Crippen LogP contribution in [-0.4, -0.2) is 11.1 Å². The quantitative estimate of drug-likeness (QED) is 0.626. The van der Waals surface area contributed by atoms with Crippen molar-refractivity contribution in [2.24, 2.45) is 11.8 Å². The zero-order valence-corrected chi connectivity index (χ0v) is 15.0. The Morgan fingerprint density at radius 3 is 2.92 bits per heavy atom. The molecular formula is C19H25NO3S. The molecule has 0 bridgehead atoms. The Kier molecular flexibility index (Phi) is 6.07. The Morgan fingerprint density at radius 2 is 2.21 bits per heavy atom. The number of ether oxygens (including phenoxy) is 1. The molecule has 0 radical (unpaired) electrons. The highest BCUT2D eigenvalue weighted by Crippen LogP contribution is 2.32. The van der Waals surface area contributed by atoms with E-state index in [2.05, 4.69) is 12.1 Å². The highest BCUT2D eigenvalue weighted by molar-refractivity contribution is 7.13. The van der Waals surface area contributed by atoms with Crippen molar-refractivity contribution in [1.82, 2.24) is 5.16 Å². The molecule has 2 aromatic heterocycles. The third kappa shape index (κ3) is 4.47. The third-order valence-electron chi connectivity index (χ3n) is 4.83. The molecular weight excluding hydrogens is 322 g/mol. The van der Waals surface area contributed by atoms with E-state index >= 15 is 0 Å². The summed E-state index contributed by atoms with van der Waals surface area (Å²) in [6.45, 7) is 2.43. The molecule has 2 aromatic rings. The van der Waals surface area contributed by atoms with Gasteiger partial charge in [0.25, 0.3) is 0 Å². The average molecular weight is 347 g/mol. The SMILES string of the molecule is CCCCC1CCC(C(=O)OCc2cc(-c3cccs3)on2)CC1. The minimum Gasteiger partial charge on any atom is -0.459 e. The molecule has 0 aromatic carbocycles. The van der Waals surface area contributed by atoms with Crippen LogP contribution in [0.3, 0.4) is 0 Å². The van der Waals surface area contributed by atoms with Gasteiger partial charge >= 0.3 is 5.97 Å². The van der Waals surface area contributed by atoms with Gasteiger partial charge in [0.05, 0.1) is 10.8 Å². The molecule has 0 N–H and O–H groups in total. The van der Waals surface area contributed by atoms with Crippen molar-refractivity contribution in [3.05, 3.63) is 29.3 Å². The van der Waals surface area contributed by atoms with Gasteiger partial charge in [-0.1, -0.05) is 37.4 Å². The van der Waals surface area contributed by atoms with Gasteiger partial charge in [-0.05, 0) is 43.0 Å². The molecule has 24 heavy (non-hydrogen) atoms. The number of unbranched alkanes of at least 4 members (excludes halogenated alkanes) is 1. The fourth-order valence-electron chi connectivity index (χ4n) is 3.36. The molecule has 0 unspecified atom stereocenters. The predicted octanol–water partition coefficient (Wildman–Crippen LogP) is 5.44. The monoisotopic (exact) mass is 347 g/mol. The number of hydrogen-bond donors (Lipinski definition) is 0. The maximum absolute atomic E-state index is 12.2. The van der Waals surface area contributed by atoms with Crippen LogP contribution in [0.5, 0.6) is 0 Å². The minimum atomic E-state index is -0.0791. The Bertz CT molecular complexity index is 627. The van der Waals surface area contributed by atoms with Crippen LogP contribution in [0, 0.1) is 11.8 Å². The minimum absolute atomic E-state index is 0.0616. The number of carbonyl (C=O) groups excluding carboxylic acids is 1. The van der Waals surface area contributed by atoms with Crippen LogP contribution < -0.4 is 0 Å². The second kappa shape index (κ2) is 8.47. The molecule has 1 fully saturated rings. The fourth-order valence-corrected chi connectivity index (χ4v) is 4.03. The van der Waals surface area contributed by atoms with E-state index in [0.717, 1.165) is 42.2 Å². The first-order valence-corrected chi connectivity index (χ1v) is 9.80. The topological polar surface area (TPSA) is 52.3 Å². The maximum Gasteiger partial charge on any atom is 0.309 e. The molecule has 0 spiro atoms. The Balaban J connectivity index is 1.43. The van der Waals surface area contributed by atoms with Crippen molar-refractivity contribution in [1.29, 1.82) is 0 Å². The van der Waals surface area contributed by atoms with Gasteiger partial charge in [-0.25, -0.2) is 0 Å². The fraction of sp³-hybridized carbons (Fsp3) is 0.579. The van der Waals surface area contributed by atoms with Gasteiger partial charge in [0.15, 0.2) is 5.76 Å². The van der Waals surface area contributed by atoms with Gasteiger partial charge in [-0.15, -0.1) is 11.3 Å². The number of rotatable bonds is 7. The summed E-state index contributed by atoms with van der Waals surface area (Å²) in [5, 5.41) is 5.98. The summed E-state index contributed by atoms with van der Waals surface area (Å²) < 4.78 is 10.8. The normalized spacial score (nSPS) is 20.9. The zero-order valence-electron chi connectivity index (χ0n) is 14.2. The van der Waals surface area contributed by atoms with Crippen molar-refractivity contribution >= 4 is 17.3 Å². The molecule has 1 aliphatic carbocycles. The first-order valence-electron chi connectivity index (χ1n) is 8.92. The van der Waals surface area contributed by atoms with Crippen LogP contribution in [-0.2, 0) is 16.1 Å². The highest BCUT2D eigenvalue weighted by atomic mass is 32.1. The number of esters is 1. The van der Waals surface area contributed by atoms with Gasteiger partial charge in [-0.2, -0.15) is 0 Å². The first-order chi connectivity index (χ1) is 11.8. The summed E-state index contributed by atoms with van der Waals surface area (Å²) >= 11 is 1.60. The van der Waals surface area contributed by atoms with Crippen LogP contribution in [0.15, 0.2) is 28.1 Å². The van der Waals surface area contributed by atoms with Crippen LogP contribution in [0.2, 0.25) is 0 Å². The highest BCUT2D eigenvalue weighted by Gasteiger charge is 2.27. The van der Waals surface area contributed by atoms with E-state index in [0.29, 0.717) is 5.69 Å². The van der Waals surface area contributed by atoms with Crippen molar-refractivity contribution in [2.45, 2.75) is 58.5 Å². The van der Waals surface area contributed by atoms with Crippen molar-refractivity contribution in [2.75, 3.05) is 0 Å². The lowest BCUT2D eigenvalue weighted by atomic mass is 9.80. The lowest BCUT2D eigenvalue weighted by Crippen LogP contribution is -2.23. The van der Waals surface area contributed by atoms with E-state index in [-0.39, 0.29) is 18.5 Å². The van der Waals surface area contributed by atoms with Crippen LogP contribution in [0.25, 0.3) is 10.6 Å². The molecule has 3 rings (SSSR count). The maximum atomic E-state index is 12.2. The van der Waals surface area contributed by atoms with Crippen molar-refractivity contribution < 1.29 is 14.1 Å². The van der Waals surface area contributed by atoms with E-state index in [4.69, 9.17) is 9.26 Å². The number of hydrogen-bond acceptors (Lipinski definition) is 5. The molecule has 0 amide bonds. The molecule has 0 atom stereocenters. The molecule has 130 valence electrons. The summed E-state index contributed by atoms with van der Waals surface area (Å²) in [6, 6.07) is 5.80. The van der Waals surface area contributed by atoms with E-state index in [1.807, 2.05) is 23.6 Å². The zero-order chi connectivity index (χ0) is 16.8. The molecule has 1 saturated carbocycles. The summed E-state index contributed by atoms with van der Waals surface area (Å²) in [5.74, 6) is 1.52. The summed E-state index contributed by atoms with van der Waals surface area (Å²) in [7, 11) is 0. The van der Waals surface area contributed by atoms with Crippen molar-refractivity contribution in [3.8, 4) is 10.6 Å². The largest absolute Gasteiger partial charge is 0.459 e.